The first-order chi connectivity index (χ1) is 10.9. The SMILES string of the molecule is COc1ccc(C(C)c2nc3cc(C(F)(F)F)ccc3[nH]2)cc1. The number of aromatic amines is 1. The Hall–Kier alpha value is -2.50. The summed E-state index contributed by atoms with van der Waals surface area (Å²) in [4.78, 5) is 7.41. The van der Waals surface area contributed by atoms with Crippen LogP contribution in [0.3, 0.4) is 0 Å². The maximum atomic E-state index is 12.8. The fourth-order valence-electron chi connectivity index (χ4n) is 2.46. The summed E-state index contributed by atoms with van der Waals surface area (Å²) in [5, 5.41) is 0. The lowest BCUT2D eigenvalue weighted by Gasteiger charge is -2.09. The molecule has 0 aliphatic heterocycles. The number of fused-ring (bicyclic) bond motifs is 1. The first-order valence-electron chi connectivity index (χ1n) is 7.09. The van der Waals surface area contributed by atoms with Crippen molar-refractivity contribution in [1.29, 1.82) is 0 Å². The minimum Gasteiger partial charge on any atom is -0.497 e. The second-order valence-corrected chi connectivity index (χ2v) is 5.35. The number of alkyl halides is 3. The van der Waals surface area contributed by atoms with E-state index in [1.165, 1.54) is 6.07 Å². The van der Waals surface area contributed by atoms with Crippen LogP contribution in [0.1, 0.15) is 29.8 Å². The van der Waals surface area contributed by atoms with Crippen LogP contribution in [0.25, 0.3) is 11.0 Å². The highest BCUT2D eigenvalue weighted by molar-refractivity contribution is 5.76. The average molecular weight is 320 g/mol. The third kappa shape index (κ3) is 3.02. The lowest BCUT2D eigenvalue weighted by Crippen LogP contribution is -2.04. The summed E-state index contributed by atoms with van der Waals surface area (Å²) < 4.78 is 43.4. The molecule has 0 radical (unpaired) electrons. The second-order valence-electron chi connectivity index (χ2n) is 5.35. The summed E-state index contributed by atoms with van der Waals surface area (Å²) in [6, 6.07) is 11.1. The van der Waals surface area contributed by atoms with Crippen molar-refractivity contribution >= 4 is 11.0 Å². The summed E-state index contributed by atoms with van der Waals surface area (Å²) in [6.45, 7) is 1.95. The third-order valence-corrected chi connectivity index (χ3v) is 3.85. The maximum Gasteiger partial charge on any atom is 0.416 e. The number of imidazole rings is 1. The minimum absolute atomic E-state index is 0.0670. The van der Waals surface area contributed by atoms with Gasteiger partial charge in [-0.1, -0.05) is 19.1 Å². The van der Waals surface area contributed by atoms with Crippen molar-refractivity contribution < 1.29 is 17.9 Å². The molecule has 1 heterocycles. The van der Waals surface area contributed by atoms with Crippen molar-refractivity contribution in [3.8, 4) is 5.75 Å². The molecule has 1 aromatic heterocycles. The van der Waals surface area contributed by atoms with Gasteiger partial charge in [0.15, 0.2) is 0 Å². The molecule has 0 fully saturated rings. The Balaban J connectivity index is 1.95. The van der Waals surface area contributed by atoms with Crippen LogP contribution < -0.4 is 4.74 Å². The van der Waals surface area contributed by atoms with Crippen LogP contribution in [0.5, 0.6) is 5.75 Å². The normalized spacial score (nSPS) is 13.3. The van der Waals surface area contributed by atoms with Crippen molar-refractivity contribution in [2.24, 2.45) is 0 Å². The van der Waals surface area contributed by atoms with Gasteiger partial charge < -0.3 is 9.72 Å². The van der Waals surface area contributed by atoms with Gasteiger partial charge in [0.05, 0.1) is 23.7 Å². The molecule has 3 rings (SSSR count). The maximum absolute atomic E-state index is 12.8. The van der Waals surface area contributed by atoms with Crippen LogP contribution in [-0.2, 0) is 6.18 Å². The number of methoxy groups -OCH3 is 1. The van der Waals surface area contributed by atoms with Gasteiger partial charge >= 0.3 is 6.18 Å². The summed E-state index contributed by atoms with van der Waals surface area (Å²) in [5.74, 6) is 1.31. The fourth-order valence-corrected chi connectivity index (χ4v) is 2.46. The molecule has 23 heavy (non-hydrogen) atoms. The van der Waals surface area contributed by atoms with E-state index in [1.807, 2.05) is 31.2 Å². The van der Waals surface area contributed by atoms with Crippen LogP contribution in [0.4, 0.5) is 13.2 Å². The fraction of sp³-hybridized carbons (Fsp3) is 0.235. The van der Waals surface area contributed by atoms with E-state index < -0.39 is 11.7 Å². The minimum atomic E-state index is -4.37. The van der Waals surface area contributed by atoms with E-state index in [9.17, 15) is 13.2 Å². The van der Waals surface area contributed by atoms with Crippen molar-refractivity contribution in [1.82, 2.24) is 9.97 Å². The molecule has 0 aliphatic rings. The number of hydrogen-bond acceptors (Lipinski definition) is 2. The highest BCUT2D eigenvalue weighted by atomic mass is 19.4. The van der Waals surface area contributed by atoms with Crippen molar-refractivity contribution in [2.75, 3.05) is 7.11 Å². The number of benzene rings is 2. The molecule has 0 spiro atoms. The van der Waals surface area contributed by atoms with Crippen LogP contribution in [-0.4, -0.2) is 17.1 Å². The first-order valence-corrected chi connectivity index (χ1v) is 7.09. The van der Waals surface area contributed by atoms with Crippen LogP contribution in [0.15, 0.2) is 42.5 Å². The summed E-state index contributed by atoms with van der Waals surface area (Å²) in [7, 11) is 1.59. The Labute approximate surface area is 131 Å². The van der Waals surface area contributed by atoms with Gasteiger partial charge in [0.25, 0.3) is 0 Å². The summed E-state index contributed by atoms with van der Waals surface area (Å²) in [5.41, 5.74) is 1.21. The average Bonchev–Trinajstić information content (AvgIpc) is 2.96. The highest BCUT2D eigenvalue weighted by Gasteiger charge is 2.30. The number of aromatic nitrogens is 2. The molecule has 1 atom stereocenters. The molecule has 120 valence electrons. The Kier molecular flexibility index (Phi) is 3.75. The Morgan fingerprint density at radius 3 is 2.39 bits per heavy atom. The predicted octanol–water partition coefficient (Wildman–Crippen LogP) is 4.74. The van der Waals surface area contributed by atoms with Crippen LogP contribution in [0.2, 0.25) is 0 Å². The molecule has 1 unspecified atom stereocenters. The van der Waals surface area contributed by atoms with Gasteiger partial charge in [-0.15, -0.1) is 0 Å². The number of halogens is 3. The zero-order valence-electron chi connectivity index (χ0n) is 12.6. The van der Waals surface area contributed by atoms with Crippen molar-refractivity contribution in [3.63, 3.8) is 0 Å². The molecular formula is C17H15F3N2O. The first kappa shape index (κ1) is 15.4. The zero-order valence-corrected chi connectivity index (χ0v) is 12.6. The van der Waals surface area contributed by atoms with Crippen LogP contribution >= 0.6 is 0 Å². The Morgan fingerprint density at radius 1 is 1.09 bits per heavy atom. The van der Waals surface area contributed by atoms with Gasteiger partial charge in [-0.05, 0) is 35.9 Å². The standard InChI is InChI=1S/C17H15F3N2O/c1-10(11-3-6-13(23-2)7-4-11)16-21-14-8-5-12(17(18,19)20)9-15(14)22-16/h3-10H,1-2H3,(H,21,22). The Morgan fingerprint density at radius 2 is 1.78 bits per heavy atom. The van der Waals surface area contributed by atoms with Gasteiger partial charge in [-0.25, -0.2) is 4.98 Å². The molecule has 0 saturated carbocycles. The van der Waals surface area contributed by atoms with Gasteiger partial charge in [-0.3, -0.25) is 0 Å². The van der Waals surface area contributed by atoms with Crippen LogP contribution in [0, 0.1) is 0 Å². The number of H-pyrrole nitrogens is 1. The van der Waals surface area contributed by atoms with E-state index in [0.29, 0.717) is 16.9 Å². The molecule has 3 aromatic rings. The molecule has 1 N–H and O–H groups in total. The molecule has 0 bridgehead atoms. The predicted molar refractivity (Wildman–Crippen MR) is 81.6 cm³/mol. The number of rotatable bonds is 3. The summed E-state index contributed by atoms with van der Waals surface area (Å²) in [6.07, 6.45) is -4.37. The van der Waals surface area contributed by atoms with Crippen molar-refractivity contribution in [2.45, 2.75) is 19.0 Å². The van der Waals surface area contributed by atoms with Gasteiger partial charge in [-0.2, -0.15) is 13.2 Å². The van der Waals surface area contributed by atoms with Gasteiger partial charge in [0, 0.05) is 5.92 Å². The quantitative estimate of drug-likeness (QED) is 0.757. The summed E-state index contributed by atoms with van der Waals surface area (Å²) >= 11 is 0. The van der Waals surface area contributed by atoms with E-state index in [2.05, 4.69) is 9.97 Å². The van der Waals surface area contributed by atoms with E-state index in [-0.39, 0.29) is 5.92 Å². The monoisotopic (exact) mass is 320 g/mol. The molecule has 0 amide bonds. The molecule has 2 aromatic carbocycles. The van der Waals surface area contributed by atoms with Gasteiger partial charge in [0.2, 0.25) is 0 Å². The number of ether oxygens (including phenoxy) is 1. The Bertz CT molecular complexity index is 822. The molecular weight excluding hydrogens is 305 g/mol. The third-order valence-electron chi connectivity index (χ3n) is 3.85. The van der Waals surface area contributed by atoms with E-state index >= 15 is 0 Å². The molecule has 6 heteroatoms. The molecule has 3 nitrogen and oxygen atoms in total. The molecule has 0 saturated heterocycles. The molecule has 0 aliphatic carbocycles. The second kappa shape index (κ2) is 5.61. The van der Waals surface area contributed by atoms with E-state index in [4.69, 9.17) is 4.74 Å². The zero-order chi connectivity index (χ0) is 16.6. The van der Waals surface area contributed by atoms with E-state index in [1.54, 1.807) is 7.11 Å². The van der Waals surface area contributed by atoms with E-state index in [0.717, 1.165) is 23.4 Å². The lowest BCUT2D eigenvalue weighted by atomic mass is 10.0. The number of nitrogens with one attached hydrogen (secondary N) is 1. The smallest absolute Gasteiger partial charge is 0.416 e. The highest BCUT2D eigenvalue weighted by Crippen LogP contribution is 2.32. The number of hydrogen-bond donors (Lipinski definition) is 1. The topological polar surface area (TPSA) is 37.9 Å². The largest absolute Gasteiger partial charge is 0.497 e. The lowest BCUT2D eigenvalue weighted by molar-refractivity contribution is -0.137. The van der Waals surface area contributed by atoms with Gasteiger partial charge in [0.1, 0.15) is 11.6 Å². The van der Waals surface area contributed by atoms with Crippen molar-refractivity contribution in [3.05, 3.63) is 59.4 Å². The number of nitrogens with zero attached hydrogens (tertiary/aromatic N) is 1.